The highest BCUT2D eigenvalue weighted by Gasteiger charge is 2.37. The molecule has 5 nitrogen and oxygen atoms in total. The minimum Gasteiger partial charge on any atom is -0.236 e. The van der Waals surface area contributed by atoms with E-state index in [1.165, 1.54) is 44.5 Å². The van der Waals surface area contributed by atoms with Crippen LogP contribution in [0.2, 0.25) is 0 Å². The van der Waals surface area contributed by atoms with Crippen molar-refractivity contribution in [3.63, 3.8) is 0 Å². The Morgan fingerprint density at radius 1 is 0.333 bits per heavy atom. The van der Waals surface area contributed by atoms with Crippen LogP contribution in [0.3, 0.4) is 0 Å². The van der Waals surface area contributed by atoms with E-state index in [1.54, 1.807) is 22.7 Å². The van der Waals surface area contributed by atoms with Crippen LogP contribution in [0.4, 0.5) is 0 Å². The number of fused-ring (bicyclic) bond motifs is 8. The summed E-state index contributed by atoms with van der Waals surface area (Å²) >= 11 is 3.39. The molecule has 0 aliphatic heterocycles. The van der Waals surface area contributed by atoms with Gasteiger partial charge in [0.05, 0.1) is 20.4 Å². The molecule has 0 saturated heterocycles. The Hall–Kier alpha value is -6.67. The van der Waals surface area contributed by atoms with Crippen molar-refractivity contribution in [2.24, 2.45) is 0 Å². The molecule has 0 fully saturated rings. The Labute approximate surface area is 356 Å². The highest BCUT2D eigenvalue weighted by Crippen LogP contribution is 2.51. The fourth-order valence-electron chi connectivity index (χ4n) is 9.46. The molecule has 0 atom stereocenters. The SMILES string of the molecule is CC1(C)c2ccccc2-c2cc(-c3nc(-c4cc(-c5nc6ccccc6s5)cc(-c5nc6ccccc6s5)c4)nc(-c4ccc5c(c4)C(C)(C)c4ccccc4-5)n3)ccc21. The summed E-state index contributed by atoms with van der Waals surface area (Å²) in [6, 6.07) is 54.1. The van der Waals surface area contributed by atoms with Crippen LogP contribution in [0.25, 0.3) is 98.0 Å². The van der Waals surface area contributed by atoms with Crippen LogP contribution in [-0.4, -0.2) is 24.9 Å². The molecule has 7 aromatic carbocycles. The van der Waals surface area contributed by atoms with Crippen LogP contribution in [-0.2, 0) is 10.8 Å². The van der Waals surface area contributed by atoms with Gasteiger partial charge in [0, 0.05) is 38.6 Å². The molecule has 0 unspecified atom stereocenters. The Balaban J connectivity index is 1.08. The average Bonchev–Trinajstić information content (AvgIpc) is 4.03. The van der Waals surface area contributed by atoms with Crippen molar-refractivity contribution in [3.8, 4) is 77.6 Å². The van der Waals surface area contributed by atoms with Crippen molar-refractivity contribution in [1.29, 1.82) is 0 Å². The fraction of sp³-hybridized carbons (Fsp3) is 0.113. The van der Waals surface area contributed by atoms with Gasteiger partial charge in [-0.2, -0.15) is 0 Å². The molecule has 10 aromatic rings. The maximum Gasteiger partial charge on any atom is 0.164 e. The Morgan fingerprint density at radius 3 is 1.37 bits per heavy atom. The molecule has 0 radical (unpaired) electrons. The van der Waals surface area contributed by atoms with Crippen molar-refractivity contribution >= 4 is 43.1 Å². The first kappa shape index (κ1) is 35.3. The first-order valence-corrected chi connectivity index (χ1v) is 22.0. The summed E-state index contributed by atoms with van der Waals surface area (Å²) in [5.41, 5.74) is 16.8. The second-order valence-electron chi connectivity index (χ2n) is 16.9. The first-order valence-electron chi connectivity index (χ1n) is 20.3. The van der Waals surface area contributed by atoms with E-state index < -0.39 is 0 Å². The number of para-hydroxylation sites is 2. The van der Waals surface area contributed by atoms with Gasteiger partial charge >= 0.3 is 0 Å². The van der Waals surface area contributed by atoms with E-state index in [9.17, 15) is 0 Å². The summed E-state index contributed by atoms with van der Waals surface area (Å²) in [5.74, 6) is 1.87. The van der Waals surface area contributed by atoms with Gasteiger partial charge in [-0.3, -0.25) is 0 Å². The quantitative estimate of drug-likeness (QED) is 0.173. The molecule has 0 amide bonds. The van der Waals surface area contributed by atoms with Gasteiger partial charge in [0.1, 0.15) is 10.0 Å². The van der Waals surface area contributed by atoms with E-state index in [-0.39, 0.29) is 10.8 Å². The summed E-state index contributed by atoms with van der Waals surface area (Å²) in [6.07, 6.45) is 0. The smallest absolute Gasteiger partial charge is 0.164 e. The molecule has 0 N–H and O–H groups in total. The molecule has 3 heterocycles. The van der Waals surface area contributed by atoms with Crippen LogP contribution in [0.5, 0.6) is 0 Å². The van der Waals surface area contributed by atoms with Crippen molar-refractivity contribution < 1.29 is 0 Å². The lowest BCUT2D eigenvalue weighted by molar-refractivity contribution is 0.660. The first-order chi connectivity index (χ1) is 29.2. The molecule has 0 spiro atoms. The van der Waals surface area contributed by atoms with Crippen LogP contribution < -0.4 is 0 Å². The maximum absolute atomic E-state index is 5.35. The van der Waals surface area contributed by atoms with Crippen molar-refractivity contribution in [2.75, 3.05) is 0 Å². The van der Waals surface area contributed by atoms with Gasteiger partial charge in [0.15, 0.2) is 17.5 Å². The third-order valence-electron chi connectivity index (χ3n) is 12.6. The number of aromatic nitrogens is 5. The molecule has 0 bridgehead atoms. The lowest BCUT2D eigenvalue weighted by Gasteiger charge is -2.22. The molecule has 286 valence electrons. The lowest BCUT2D eigenvalue weighted by atomic mass is 9.82. The van der Waals surface area contributed by atoms with Crippen molar-refractivity contribution in [1.82, 2.24) is 24.9 Å². The van der Waals surface area contributed by atoms with Crippen LogP contribution in [0, 0.1) is 0 Å². The van der Waals surface area contributed by atoms with Gasteiger partial charge in [-0.05, 0) is 99.1 Å². The third-order valence-corrected chi connectivity index (χ3v) is 14.8. The zero-order valence-electron chi connectivity index (χ0n) is 33.5. The predicted molar refractivity (Wildman–Crippen MR) is 248 cm³/mol. The number of nitrogens with zero attached hydrogens (tertiary/aromatic N) is 5. The van der Waals surface area contributed by atoms with Gasteiger partial charge in [-0.1, -0.05) is 125 Å². The Kier molecular flexibility index (Phi) is 7.60. The van der Waals surface area contributed by atoms with Crippen molar-refractivity contribution in [3.05, 3.63) is 174 Å². The zero-order valence-corrected chi connectivity index (χ0v) is 35.1. The van der Waals surface area contributed by atoms with Gasteiger partial charge in [0.25, 0.3) is 0 Å². The standard InChI is InChI=1S/C53H37N5S2/c1-52(2)40-16-8-6-14-36(40)38-28-30(22-24-41(38)52)47-56-48(31-21-23-37-35-13-5-7-15-39(35)53(3,4)42(37)29-31)58-49(57-47)32-25-33(50-54-43-17-9-11-19-45(43)59-50)27-34(26-32)51-55-44-18-10-12-20-46(44)60-51/h5-29H,1-4H3. The molecule has 12 rings (SSSR count). The molecule has 2 aliphatic rings. The maximum atomic E-state index is 5.35. The van der Waals surface area contributed by atoms with Crippen LogP contribution in [0.15, 0.2) is 152 Å². The summed E-state index contributed by atoms with van der Waals surface area (Å²) in [5, 5.41) is 1.88. The molecule has 2 aliphatic carbocycles. The number of benzene rings is 7. The monoisotopic (exact) mass is 807 g/mol. The highest BCUT2D eigenvalue weighted by atomic mass is 32.1. The number of hydrogen-bond acceptors (Lipinski definition) is 7. The van der Waals surface area contributed by atoms with Gasteiger partial charge < -0.3 is 0 Å². The highest BCUT2D eigenvalue weighted by molar-refractivity contribution is 7.22. The van der Waals surface area contributed by atoms with E-state index in [1.807, 2.05) is 12.1 Å². The van der Waals surface area contributed by atoms with Gasteiger partial charge in [-0.15, -0.1) is 22.7 Å². The number of thiazole rings is 2. The normalized spacial score (nSPS) is 14.3. The lowest BCUT2D eigenvalue weighted by Crippen LogP contribution is -2.15. The average molecular weight is 808 g/mol. The second kappa shape index (κ2) is 12.9. The van der Waals surface area contributed by atoms with E-state index in [0.717, 1.165) is 58.3 Å². The molecule has 3 aromatic heterocycles. The number of rotatable bonds is 5. The minimum atomic E-state index is -0.168. The predicted octanol–water partition coefficient (Wildman–Crippen LogP) is 14.0. The van der Waals surface area contributed by atoms with E-state index in [4.69, 9.17) is 24.9 Å². The zero-order chi connectivity index (χ0) is 40.3. The summed E-state index contributed by atoms with van der Waals surface area (Å²) < 4.78 is 2.29. The second-order valence-corrected chi connectivity index (χ2v) is 19.0. The van der Waals surface area contributed by atoms with E-state index >= 15 is 0 Å². The molecule has 60 heavy (non-hydrogen) atoms. The van der Waals surface area contributed by atoms with Crippen molar-refractivity contribution in [2.45, 2.75) is 38.5 Å². The van der Waals surface area contributed by atoms with E-state index in [2.05, 4.69) is 167 Å². The minimum absolute atomic E-state index is 0.104. The fourth-order valence-corrected chi connectivity index (χ4v) is 11.4. The summed E-state index contributed by atoms with van der Waals surface area (Å²) in [4.78, 5) is 26.2. The summed E-state index contributed by atoms with van der Waals surface area (Å²) in [7, 11) is 0. The Morgan fingerprint density at radius 2 is 0.767 bits per heavy atom. The van der Waals surface area contributed by atoms with Crippen LogP contribution in [0.1, 0.15) is 49.9 Å². The Bertz CT molecular complexity index is 3250. The topological polar surface area (TPSA) is 64.5 Å². The van der Waals surface area contributed by atoms with E-state index in [0.29, 0.717) is 17.5 Å². The summed E-state index contributed by atoms with van der Waals surface area (Å²) in [6.45, 7) is 9.25. The molecule has 0 saturated carbocycles. The largest absolute Gasteiger partial charge is 0.236 e. The van der Waals surface area contributed by atoms with Gasteiger partial charge in [0.2, 0.25) is 0 Å². The molecular weight excluding hydrogens is 771 g/mol. The number of hydrogen-bond donors (Lipinski definition) is 0. The van der Waals surface area contributed by atoms with Crippen LogP contribution >= 0.6 is 22.7 Å². The third kappa shape index (κ3) is 5.39. The molecule has 7 heteroatoms. The molecular formula is C53H37N5S2. The van der Waals surface area contributed by atoms with Gasteiger partial charge in [-0.25, -0.2) is 24.9 Å².